The molecule has 2 nitrogen and oxygen atoms in total. The van der Waals surface area contributed by atoms with E-state index in [1.54, 1.807) is 0 Å². The van der Waals surface area contributed by atoms with Crippen LogP contribution in [-0.2, 0) is 0 Å². The molecule has 206 valence electrons. The highest BCUT2D eigenvalue weighted by atomic mass is 32.1. The van der Waals surface area contributed by atoms with Gasteiger partial charge in [-0.3, -0.25) is 0 Å². The van der Waals surface area contributed by atoms with Crippen LogP contribution in [0.4, 0.5) is 17.1 Å². The summed E-state index contributed by atoms with van der Waals surface area (Å²) in [5.74, 6) is 0. The van der Waals surface area contributed by atoms with E-state index in [1.165, 1.54) is 45.7 Å². The van der Waals surface area contributed by atoms with Crippen LogP contribution in [0.5, 0.6) is 0 Å². The van der Waals surface area contributed by atoms with Crippen LogP contribution < -0.4 is 4.90 Å². The molecule has 0 unspecified atom stereocenters. The van der Waals surface area contributed by atoms with E-state index in [9.17, 15) is 0 Å². The first kappa shape index (κ1) is 24.3. The van der Waals surface area contributed by atoms with Gasteiger partial charge in [-0.2, -0.15) is 0 Å². The standard InChI is InChI=1S/C40H23NOS2/c1-2-9-27-24(8-1)16-19-32-31-12-7-13-34(40(31)42-39(27)32)41(25-18-21-37-33(22-25)29-11-4-6-15-36(29)43-37)26-17-20-30-28-10-3-5-14-35(28)44-38(30)23-26/h1-23H. The van der Waals surface area contributed by atoms with E-state index >= 15 is 0 Å². The molecule has 0 atom stereocenters. The number of fused-ring (bicyclic) bond motifs is 11. The highest BCUT2D eigenvalue weighted by Gasteiger charge is 2.21. The average Bonchev–Trinajstić information content (AvgIpc) is 3.76. The van der Waals surface area contributed by atoms with E-state index in [4.69, 9.17) is 4.42 Å². The molecule has 7 aromatic carbocycles. The number of nitrogens with zero attached hydrogens (tertiary/aromatic N) is 1. The van der Waals surface area contributed by atoms with Gasteiger partial charge in [-0.15, -0.1) is 22.7 Å². The molecule has 3 aromatic heterocycles. The summed E-state index contributed by atoms with van der Waals surface area (Å²) in [5.41, 5.74) is 5.08. The van der Waals surface area contributed by atoms with Gasteiger partial charge >= 0.3 is 0 Å². The van der Waals surface area contributed by atoms with Crippen molar-refractivity contribution in [1.29, 1.82) is 0 Å². The van der Waals surface area contributed by atoms with E-state index < -0.39 is 0 Å². The van der Waals surface area contributed by atoms with Crippen molar-refractivity contribution in [2.24, 2.45) is 0 Å². The lowest BCUT2D eigenvalue weighted by Gasteiger charge is -2.25. The third-order valence-electron chi connectivity index (χ3n) is 8.85. The minimum absolute atomic E-state index is 0.894. The Hall–Kier alpha value is -5.16. The Morgan fingerprint density at radius 3 is 1.84 bits per heavy atom. The Labute approximate surface area is 260 Å². The Bertz CT molecular complexity index is 2750. The third-order valence-corrected chi connectivity index (χ3v) is 11.1. The van der Waals surface area contributed by atoms with Gasteiger partial charge in [0.2, 0.25) is 0 Å². The van der Waals surface area contributed by atoms with Crippen molar-refractivity contribution in [3.63, 3.8) is 0 Å². The monoisotopic (exact) mass is 597 g/mol. The van der Waals surface area contributed by atoms with E-state index in [0.717, 1.165) is 44.4 Å². The number of rotatable bonds is 3. The largest absolute Gasteiger partial charge is 0.453 e. The molecule has 0 N–H and O–H groups in total. The van der Waals surface area contributed by atoms with Crippen molar-refractivity contribution in [3.05, 3.63) is 140 Å². The molecule has 0 fully saturated rings. The first-order valence-corrected chi connectivity index (χ1v) is 16.4. The van der Waals surface area contributed by atoms with Gasteiger partial charge in [-0.1, -0.05) is 84.9 Å². The van der Waals surface area contributed by atoms with Gasteiger partial charge in [0.25, 0.3) is 0 Å². The van der Waals surface area contributed by atoms with Crippen LogP contribution in [0.2, 0.25) is 0 Å². The number of hydrogen-bond donors (Lipinski definition) is 0. The number of furan rings is 1. The van der Waals surface area contributed by atoms with E-state index in [1.807, 2.05) is 22.7 Å². The molecule has 4 heteroatoms. The SMILES string of the molecule is c1ccc2c(c1)ccc1c3cccc(N(c4ccc5c(c4)sc4ccccc45)c4ccc5sc6ccccc6c5c4)c3oc21. The molecule has 44 heavy (non-hydrogen) atoms. The predicted molar refractivity (Wildman–Crippen MR) is 192 cm³/mol. The van der Waals surface area contributed by atoms with Gasteiger partial charge in [0, 0.05) is 67.9 Å². The summed E-state index contributed by atoms with van der Waals surface area (Å²) in [5, 5.41) is 9.75. The summed E-state index contributed by atoms with van der Waals surface area (Å²) in [4.78, 5) is 2.38. The first-order valence-electron chi connectivity index (χ1n) is 14.8. The zero-order valence-corrected chi connectivity index (χ0v) is 25.1. The fourth-order valence-electron chi connectivity index (χ4n) is 6.82. The molecular weight excluding hydrogens is 575 g/mol. The molecule has 10 rings (SSSR count). The maximum atomic E-state index is 6.86. The molecule has 0 spiro atoms. The van der Waals surface area contributed by atoms with Crippen molar-refractivity contribution in [1.82, 2.24) is 0 Å². The lowest BCUT2D eigenvalue weighted by molar-refractivity contribution is 0.673. The molecule has 3 heterocycles. The molecule has 0 bridgehead atoms. The van der Waals surface area contributed by atoms with Crippen molar-refractivity contribution in [2.75, 3.05) is 4.90 Å². The van der Waals surface area contributed by atoms with Crippen molar-refractivity contribution in [2.45, 2.75) is 0 Å². The minimum atomic E-state index is 0.894. The van der Waals surface area contributed by atoms with Crippen LogP contribution in [-0.4, -0.2) is 0 Å². The Morgan fingerprint density at radius 2 is 0.977 bits per heavy atom. The van der Waals surface area contributed by atoms with Crippen LogP contribution >= 0.6 is 22.7 Å². The number of hydrogen-bond acceptors (Lipinski definition) is 4. The van der Waals surface area contributed by atoms with Crippen LogP contribution in [0.3, 0.4) is 0 Å². The Kier molecular flexibility index (Phi) is 5.06. The van der Waals surface area contributed by atoms with Gasteiger partial charge in [0.1, 0.15) is 5.58 Å². The smallest absolute Gasteiger partial charge is 0.159 e. The molecule has 0 saturated heterocycles. The third kappa shape index (κ3) is 3.47. The van der Waals surface area contributed by atoms with Gasteiger partial charge in [0.05, 0.1) is 5.69 Å². The highest BCUT2D eigenvalue weighted by Crippen LogP contribution is 2.46. The fraction of sp³-hybridized carbons (Fsp3) is 0. The van der Waals surface area contributed by atoms with Crippen molar-refractivity contribution >= 4 is 113 Å². The number of anilines is 3. The van der Waals surface area contributed by atoms with Crippen LogP contribution in [0, 0.1) is 0 Å². The van der Waals surface area contributed by atoms with Crippen LogP contribution in [0.25, 0.3) is 73.1 Å². The number of thiophene rings is 2. The average molecular weight is 598 g/mol. The van der Waals surface area contributed by atoms with Crippen LogP contribution in [0.15, 0.2) is 144 Å². The molecule has 0 aliphatic carbocycles. The summed E-state index contributed by atoms with van der Waals surface area (Å²) < 4.78 is 12.1. The Balaban J connectivity index is 1.28. The molecule has 0 aliphatic rings. The van der Waals surface area contributed by atoms with Gasteiger partial charge in [0.15, 0.2) is 5.58 Å². The zero-order valence-electron chi connectivity index (χ0n) is 23.5. The van der Waals surface area contributed by atoms with Crippen molar-refractivity contribution in [3.8, 4) is 0 Å². The fourth-order valence-corrected chi connectivity index (χ4v) is 9.05. The number of benzene rings is 7. The topological polar surface area (TPSA) is 16.4 Å². The summed E-state index contributed by atoms with van der Waals surface area (Å²) in [6, 6.07) is 50.5. The second-order valence-electron chi connectivity index (χ2n) is 11.3. The maximum Gasteiger partial charge on any atom is 0.159 e. The molecule has 0 saturated carbocycles. The van der Waals surface area contributed by atoms with Gasteiger partial charge in [-0.05, 0) is 60.0 Å². The molecule has 0 radical (unpaired) electrons. The normalized spacial score (nSPS) is 12.1. The second kappa shape index (κ2) is 9.17. The quantitative estimate of drug-likeness (QED) is 0.201. The molecule has 0 amide bonds. The maximum absolute atomic E-state index is 6.86. The zero-order chi connectivity index (χ0) is 28.8. The lowest BCUT2D eigenvalue weighted by Crippen LogP contribution is -2.10. The lowest BCUT2D eigenvalue weighted by atomic mass is 10.1. The molecule has 0 aliphatic heterocycles. The van der Waals surface area contributed by atoms with Crippen molar-refractivity contribution < 1.29 is 4.42 Å². The van der Waals surface area contributed by atoms with Gasteiger partial charge in [-0.25, -0.2) is 0 Å². The van der Waals surface area contributed by atoms with E-state index in [2.05, 4.69) is 144 Å². The highest BCUT2D eigenvalue weighted by molar-refractivity contribution is 7.26. The number of para-hydroxylation sites is 1. The van der Waals surface area contributed by atoms with E-state index in [-0.39, 0.29) is 0 Å². The predicted octanol–water partition coefficient (Wildman–Crippen LogP) is 12.9. The molecular formula is C40H23NOS2. The summed E-state index contributed by atoms with van der Waals surface area (Å²) >= 11 is 3.70. The summed E-state index contributed by atoms with van der Waals surface area (Å²) in [7, 11) is 0. The Morgan fingerprint density at radius 1 is 0.386 bits per heavy atom. The van der Waals surface area contributed by atoms with Crippen LogP contribution in [0.1, 0.15) is 0 Å². The summed E-state index contributed by atoms with van der Waals surface area (Å²) in [6.45, 7) is 0. The van der Waals surface area contributed by atoms with Gasteiger partial charge < -0.3 is 9.32 Å². The minimum Gasteiger partial charge on any atom is -0.453 e. The second-order valence-corrected chi connectivity index (χ2v) is 13.5. The first-order chi connectivity index (χ1) is 21.8. The molecule has 10 aromatic rings. The van der Waals surface area contributed by atoms with E-state index in [0.29, 0.717) is 0 Å². The summed E-state index contributed by atoms with van der Waals surface area (Å²) in [6.07, 6.45) is 0.